The van der Waals surface area contributed by atoms with Gasteiger partial charge in [-0.3, -0.25) is 0 Å². The number of hydrogen-bond donors (Lipinski definition) is 2. The zero-order chi connectivity index (χ0) is 10.3. The topological polar surface area (TPSA) is 20.2 Å². The number of phenolic OH excluding ortho intramolecular Hbond substituents is 1. The van der Waals surface area contributed by atoms with Gasteiger partial charge in [0.2, 0.25) is 0 Å². The maximum atomic E-state index is 12.4. The second-order valence-electron chi connectivity index (χ2n) is 2.83. The first-order valence-electron chi connectivity index (χ1n) is 3.81. The number of aromatic hydroxyl groups is 1. The van der Waals surface area contributed by atoms with Gasteiger partial charge in [0, 0.05) is 15.0 Å². The number of halogens is 2. The van der Waals surface area contributed by atoms with Gasteiger partial charge in [-0.25, -0.2) is 8.78 Å². The summed E-state index contributed by atoms with van der Waals surface area (Å²) >= 11 is 5.08. The molecule has 0 saturated carbocycles. The molecule has 74 valence electrons. The summed E-state index contributed by atoms with van der Waals surface area (Å²) < 4.78 is 25.4. The third-order valence-electron chi connectivity index (χ3n) is 1.83. The van der Waals surface area contributed by atoms with Gasteiger partial charge in [0.25, 0.3) is 6.43 Å². The predicted molar refractivity (Wildman–Crippen MR) is 55.7 cm³/mol. The Morgan fingerprint density at radius 1 is 1.29 bits per heavy atom. The average molecular weight is 232 g/mol. The van der Waals surface area contributed by atoms with Crippen LogP contribution in [0.2, 0.25) is 0 Å². The molecular formula is C9H6F2OS2. The van der Waals surface area contributed by atoms with Gasteiger partial charge in [0.1, 0.15) is 5.75 Å². The minimum absolute atomic E-state index is 0.000833. The van der Waals surface area contributed by atoms with E-state index in [9.17, 15) is 13.9 Å². The van der Waals surface area contributed by atoms with Crippen LogP contribution >= 0.6 is 24.0 Å². The second kappa shape index (κ2) is 3.40. The Labute approximate surface area is 88.4 Å². The molecule has 0 fully saturated rings. The van der Waals surface area contributed by atoms with Gasteiger partial charge >= 0.3 is 0 Å². The standard InChI is InChI=1S/C9H6F2OS2/c10-9(11)8-3-5-6(13)1-4(12)2-7(5)14-8/h1-3,9,12-13H. The van der Waals surface area contributed by atoms with E-state index < -0.39 is 6.43 Å². The number of thiol groups is 1. The SMILES string of the molecule is Oc1cc(S)c2cc(C(F)F)sc2c1. The minimum Gasteiger partial charge on any atom is -0.508 e. The summed E-state index contributed by atoms with van der Waals surface area (Å²) in [5, 5.41) is 9.89. The maximum Gasteiger partial charge on any atom is 0.272 e. The van der Waals surface area contributed by atoms with E-state index in [0.717, 1.165) is 11.3 Å². The smallest absolute Gasteiger partial charge is 0.272 e. The molecule has 0 aliphatic carbocycles. The molecule has 1 nitrogen and oxygen atoms in total. The molecule has 0 aliphatic rings. The van der Waals surface area contributed by atoms with Crippen LogP contribution in [-0.2, 0) is 0 Å². The van der Waals surface area contributed by atoms with E-state index in [1.807, 2.05) is 0 Å². The Kier molecular flexibility index (Phi) is 2.36. The van der Waals surface area contributed by atoms with Gasteiger partial charge in [-0.05, 0) is 18.2 Å². The van der Waals surface area contributed by atoms with Crippen LogP contribution in [0.1, 0.15) is 11.3 Å². The lowest BCUT2D eigenvalue weighted by Crippen LogP contribution is -1.73. The Balaban J connectivity index is 2.70. The monoisotopic (exact) mass is 232 g/mol. The van der Waals surface area contributed by atoms with Crippen molar-refractivity contribution < 1.29 is 13.9 Å². The number of benzene rings is 1. The summed E-state index contributed by atoms with van der Waals surface area (Å²) in [6.07, 6.45) is -2.47. The molecule has 0 unspecified atom stereocenters. The van der Waals surface area contributed by atoms with E-state index >= 15 is 0 Å². The molecule has 0 spiro atoms. The van der Waals surface area contributed by atoms with Crippen LogP contribution in [0.5, 0.6) is 5.75 Å². The van der Waals surface area contributed by atoms with Gasteiger partial charge < -0.3 is 5.11 Å². The molecule has 0 radical (unpaired) electrons. The lowest BCUT2D eigenvalue weighted by molar-refractivity contribution is 0.156. The first kappa shape index (κ1) is 9.73. The number of hydrogen-bond acceptors (Lipinski definition) is 3. The van der Waals surface area contributed by atoms with E-state index in [-0.39, 0.29) is 10.6 Å². The molecule has 0 saturated heterocycles. The van der Waals surface area contributed by atoms with Gasteiger partial charge in [0.05, 0.1) is 4.88 Å². The van der Waals surface area contributed by atoms with Crippen molar-refractivity contribution in [3.8, 4) is 5.75 Å². The largest absolute Gasteiger partial charge is 0.508 e. The van der Waals surface area contributed by atoms with Crippen LogP contribution in [-0.4, -0.2) is 5.11 Å². The molecule has 0 amide bonds. The van der Waals surface area contributed by atoms with Crippen molar-refractivity contribution in [2.75, 3.05) is 0 Å². The molecule has 2 rings (SSSR count). The fourth-order valence-corrected chi connectivity index (χ4v) is 2.60. The van der Waals surface area contributed by atoms with Crippen LogP contribution < -0.4 is 0 Å². The van der Waals surface area contributed by atoms with Crippen LogP contribution in [0.4, 0.5) is 8.78 Å². The first-order valence-corrected chi connectivity index (χ1v) is 5.08. The van der Waals surface area contributed by atoms with Crippen LogP contribution in [0.3, 0.4) is 0 Å². The maximum absolute atomic E-state index is 12.4. The molecule has 0 atom stereocenters. The Morgan fingerprint density at radius 3 is 2.64 bits per heavy atom. The molecule has 0 bridgehead atoms. The number of phenols is 1. The highest BCUT2D eigenvalue weighted by molar-refractivity contribution is 7.80. The summed E-state index contributed by atoms with van der Waals surface area (Å²) in [5.74, 6) is 0.0465. The fourth-order valence-electron chi connectivity index (χ4n) is 1.23. The van der Waals surface area contributed by atoms with Crippen LogP contribution in [0, 0.1) is 0 Å². The zero-order valence-corrected chi connectivity index (χ0v) is 8.58. The lowest BCUT2D eigenvalue weighted by atomic mass is 10.2. The van der Waals surface area contributed by atoms with Crippen molar-refractivity contribution in [1.82, 2.24) is 0 Å². The second-order valence-corrected chi connectivity index (χ2v) is 4.42. The van der Waals surface area contributed by atoms with Gasteiger partial charge in [-0.15, -0.1) is 24.0 Å². The Bertz CT molecular complexity index is 479. The van der Waals surface area contributed by atoms with Crippen LogP contribution in [0.25, 0.3) is 10.1 Å². The molecule has 1 aromatic heterocycles. The normalized spacial score (nSPS) is 11.4. The van der Waals surface area contributed by atoms with E-state index in [4.69, 9.17) is 0 Å². The molecule has 1 aromatic carbocycles. The highest BCUT2D eigenvalue weighted by Crippen LogP contribution is 2.37. The fraction of sp³-hybridized carbons (Fsp3) is 0.111. The zero-order valence-electron chi connectivity index (χ0n) is 6.87. The number of alkyl halides is 2. The Morgan fingerprint density at radius 2 is 2.00 bits per heavy atom. The van der Waals surface area contributed by atoms with Gasteiger partial charge in [-0.1, -0.05) is 0 Å². The molecule has 2 aromatic rings. The summed E-state index contributed by atoms with van der Waals surface area (Å²) in [6, 6.07) is 4.31. The Hall–Kier alpha value is -0.810. The van der Waals surface area contributed by atoms with Crippen molar-refractivity contribution >= 4 is 34.1 Å². The highest BCUT2D eigenvalue weighted by atomic mass is 32.1. The van der Waals surface area contributed by atoms with E-state index in [1.165, 1.54) is 18.2 Å². The molecule has 1 N–H and O–H groups in total. The summed E-state index contributed by atoms with van der Waals surface area (Å²) in [5.41, 5.74) is 0. The van der Waals surface area contributed by atoms with Crippen molar-refractivity contribution in [3.63, 3.8) is 0 Å². The van der Waals surface area contributed by atoms with E-state index in [1.54, 1.807) is 0 Å². The third-order valence-corrected chi connectivity index (χ3v) is 3.29. The van der Waals surface area contributed by atoms with E-state index in [2.05, 4.69) is 12.6 Å². The third kappa shape index (κ3) is 1.57. The summed E-state index contributed by atoms with van der Waals surface area (Å²) in [7, 11) is 0. The molecule has 1 heterocycles. The van der Waals surface area contributed by atoms with Crippen molar-refractivity contribution in [3.05, 3.63) is 23.1 Å². The van der Waals surface area contributed by atoms with Crippen molar-refractivity contribution in [1.29, 1.82) is 0 Å². The molecule has 14 heavy (non-hydrogen) atoms. The predicted octanol–water partition coefficient (Wildman–Crippen LogP) is 3.83. The van der Waals surface area contributed by atoms with Crippen molar-refractivity contribution in [2.24, 2.45) is 0 Å². The number of rotatable bonds is 1. The lowest BCUT2D eigenvalue weighted by Gasteiger charge is -1.95. The molecular weight excluding hydrogens is 226 g/mol. The number of thiophene rings is 1. The van der Waals surface area contributed by atoms with Crippen molar-refractivity contribution in [2.45, 2.75) is 11.3 Å². The quantitative estimate of drug-likeness (QED) is 0.716. The highest BCUT2D eigenvalue weighted by Gasteiger charge is 2.13. The summed E-state index contributed by atoms with van der Waals surface area (Å²) in [6.45, 7) is 0. The van der Waals surface area contributed by atoms with Crippen LogP contribution in [0.15, 0.2) is 23.1 Å². The average Bonchev–Trinajstić information content (AvgIpc) is 2.47. The first-order chi connectivity index (χ1) is 6.58. The molecule has 5 heteroatoms. The van der Waals surface area contributed by atoms with E-state index in [0.29, 0.717) is 15.0 Å². The van der Waals surface area contributed by atoms with Gasteiger partial charge in [0.15, 0.2) is 0 Å². The minimum atomic E-state index is -2.47. The molecule has 0 aliphatic heterocycles. The van der Waals surface area contributed by atoms with Gasteiger partial charge in [-0.2, -0.15) is 0 Å². The number of fused-ring (bicyclic) bond motifs is 1. The summed E-state index contributed by atoms with van der Waals surface area (Å²) in [4.78, 5) is 0.518.